The van der Waals surface area contributed by atoms with Gasteiger partial charge in [-0.05, 0) is 69.4 Å². The molecule has 0 bridgehead atoms. The van der Waals surface area contributed by atoms with Crippen LogP contribution in [-0.4, -0.2) is 102 Å². The van der Waals surface area contributed by atoms with E-state index in [0.29, 0.717) is 30.4 Å². The molecule has 17 heteroatoms. The number of amides is 5. The number of alkyl carbamates (subject to hydrolysis) is 1. The molecule has 2 aliphatic carbocycles. The predicted molar refractivity (Wildman–Crippen MR) is 186 cm³/mol. The van der Waals surface area contributed by atoms with E-state index in [0.717, 1.165) is 42.8 Å². The van der Waals surface area contributed by atoms with E-state index < -0.39 is 75.6 Å². The second kappa shape index (κ2) is 15.2. The lowest BCUT2D eigenvalue weighted by Gasteiger charge is -2.31. The molecule has 5 amide bonds. The van der Waals surface area contributed by atoms with Gasteiger partial charge in [0.1, 0.15) is 35.6 Å². The molecule has 3 N–H and O–H groups in total. The summed E-state index contributed by atoms with van der Waals surface area (Å²) in [4.78, 5) is 71.3. The van der Waals surface area contributed by atoms with Crippen LogP contribution in [0.3, 0.4) is 0 Å². The fourth-order valence-electron chi connectivity index (χ4n) is 8.03. The topological polar surface area (TPSA) is 184 Å². The van der Waals surface area contributed by atoms with Crippen LogP contribution >= 0.6 is 0 Å². The first-order valence-corrected chi connectivity index (χ1v) is 20.2. The zero-order valence-corrected chi connectivity index (χ0v) is 30.4. The second-order valence-corrected chi connectivity index (χ2v) is 16.7. The fraction of sp³-hybridized carbons (Fsp3) is 0.639. The molecule has 1 aromatic carbocycles. The van der Waals surface area contributed by atoms with E-state index in [9.17, 15) is 36.8 Å². The normalized spacial score (nSPS) is 30.1. The minimum absolute atomic E-state index is 0.00208. The summed E-state index contributed by atoms with van der Waals surface area (Å²) < 4.78 is 55.0. The highest BCUT2D eigenvalue weighted by atomic mass is 32.2. The molecule has 1 aromatic rings. The summed E-state index contributed by atoms with van der Waals surface area (Å²) in [5.74, 6) is -3.07. The number of carbonyl (C=O) groups excluding carboxylic acids is 5. The number of hydrogen-bond donors (Lipinski definition) is 3. The minimum atomic E-state index is -4.12. The van der Waals surface area contributed by atoms with Gasteiger partial charge in [-0.25, -0.2) is 18.7 Å². The minimum Gasteiger partial charge on any atom is -0.446 e. The maximum absolute atomic E-state index is 14.4. The lowest BCUT2D eigenvalue weighted by atomic mass is 10.0. The molecule has 0 radical (unpaired) electrons. The maximum atomic E-state index is 14.4. The van der Waals surface area contributed by atoms with Gasteiger partial charge >= 0.3 is 22.4 Å². The van der Waals surface area contributed by atoms with Crippen molar-refractivity contribution in [1.29, 1.82) is 0 Å². The van der Waals surface area contributed by atoms with E-state index in [1.165, 1.54) is 15.9 Å². The molecule has 2 saturated carbocycles. The average molecular weight is 759 g/mol. The molecule has 7 rings (SSSR count). The summed E-state index contributed by atoms with van der Waals surface area (Å²) in [5.41, 5.74) is -0.533. The van der Waals surface area contributed by atoms with Crippen molar-refractivity contribution in [2.45, 2.75) is 120 Å². The zero-order chi connectivity index (χ0) is 37.3. The third-order valence-electron chi connectivity index (χ3n) is 11.3. The first kappa shape index (κ1) is 37.1. The van der Waals surface area contributed by atoms with Gasteiger partial charge in [0.05, 0.1) is 13.1 Å². The first-order valence-electron chi connectivity index (χ1n) is 18.7. The van der Waals surface area contributed by atoms with E-state index >= 15 is 0 Å². The van der Waals surface area contributed by atoms with Crippen LogP contribution in [0, 0.1) is 11.7 Å². The number of nitrogens with zero attached hydrogens (tertiary/aromatic N) is 3. The second-order valence-electron chi connectivity index (χ2n) is 15.0. The Hall–Kier alpha value is -4.25. The number of rotatable bonds is 6. The number of allylic oxidation sites excluding steroid dienone is 1. The predicted octanol–water partition coefficient (Wildman–Crippen LogP) is 2.75. The van der Waals surface area contributed by atoms with Crippen molar-refractivity contribution in [3.8, 4) is 0 Å². The van der Waals surface area contributed by atoms with Crippen molar-refractivity contribution in [1.82, 2.24) is 29.5 Å². The Balaban J connectivity index is 1.12. The van der Waals surface area contributed by atoms with Crippen LogP contribution in [0.1, 0.15) is 88.2 Å². The van der Waals surface area contributed by atoms with Gasteiger partial charge in [-0.3, -0.25) is 19.3 Å². The number of nitrogens with one attached hydrogen (secondary N) is 3. The molecule has 6 aliphatic rings. The van der Waals surface area contributed by atoms with Crippen LogP contribution in [0.5, 0.6) is 0 Å². The van der Waals surface area contributed by atoms with E-state index in [-0.39, 0.29) is 58.1 Å². The Morgan fingerprint density at radius 2 is 1.72 bits per heavy atom. The number of halogens is 1. The quantitative estimate of drug-likeness (QED) is 0.368. The monoisotopic (exact) mass is 758 g/mol. The van der Waals surface area contributed by atoms with Gasteiger partial charge < -0.3 is 25.0 Å². The number of ether oxygens (including phenoxy) is 2. The summed E-state index contributed by atoms with van der Waals surface area (Å²) in [6.45, 7) is 0.521. The van der Waals surface area contributed by atoms with Gasteiger partial charge in [0, 0.05) is 37.5 Å². The highest BCUT2D eigenvalue weighted by Gasteiger charge is 2.62. The Labute approximate surface area is 308 Å². The highest BCUT2D eigenvalue weighted by Crippen LogP contribution is 2.46. The molecule has 5 atom stereocenters. The molecule has 2 saturated heterocycles. The molecule has 15 nitrogen and oxygen atoms in total. The highest BCUT2D eigenvalue weighted by molar-refractivity contribution is 7.87. The van der Waals surface area contributed by atoms with E-state index in [1.807, 2.05) is 12.2 Å². The Morgan fingerprint density at radius 3 is 2.45 bits per heavy atom. The van der Waals surface area contributed by atoms with Crippen LogP contribution in [0.25, 0.3) is 0 Å². The number of fused-ring (bicyclic) bond motifs is 3. The van der Waals surface area contributed by atoms with Crippen molar-refractivity contribution < 1.29 is 46.3 Å². The van der Waals surface area contributed by atoms with Gasteiger partial charge in [-0.2, -0.15) is 12.7 Å². The smallest absolute Gasteiger partial charge is 0.410 e. The van der Waals surface area contributed by atoms with Crippen LogP contribution in [0.15, 0.2) is 30.4 Å². The summed E-state index contributed by atoms with van der Waals surface area (Å²) in [6, 6.07) is 2.35. The van der Waals surface area contributed by atoms with Gasteiger partial charge in [-0.1, -0.05) is 37.1 Å². The lowest BCUT2D eigenvalue weighted by molar-refractivity contribution is -0.141. The van der Waals surface area contributed by atoms with Gasteiger partial charge in [-0.15, -0.1) is 0 Å². The molecule has 0 spiro atoms. The van der Waals surface area contributed by atoms with Crippen LogP contribution in [-0.2, 0) is 47.2 Å². The third-order valence-corrected chi connectivity index (χ3v) is 12.8. The average Bonchev–Trinajstić information content (AvgIpc) is 3.51. The first-order chi connectivity index (χ1) is 25.4. The summed E-state index contributed by atoms with van der Waals surface area (Å²) >= 11 is 0. The molecular formula is C36H47FN6O9S. The van der Waals surface area contributed by atoms with Crippen LogP contribution in [0.2, 0.25) is 0 Å². The molecule has 4 aliphatic heterocycles. The van der Waals surface area contributed by atoms with Crippen molar-refractivity contribution in [3.63, 3.8) is 0 Å². The van der Waals surface area contributed by atoms with Crippen LogP contribution in [0.4, 0.5) is 14.0 Å². The number of benzene rings is 1. The largest absolute Gasteiger partial charge is 0.446 e. The summed E-state index contributed by atoms with van der Waals surface area (Å²) in [5, 5.41) is 5.53. The van der Waals surface area contributed by atoms with E-state index in [2.05, 4.69) is 15.4 Å². The maximum Gasteiger partial charge on any atom is 0.410 e. The SMILES string of the molecule is O=C(N[C@H]1CCCCC/C=C\[C@@H]2C[C@@]2(C(=O)NS(=O)(=O)N2CCC2)NC(=O)[C@@H]2C[C@@H](OC(=O)N3Cc4cccc(F)c4C3)CN2C1=O)OC1CCCC1. The Kier molecular flexibility index (Phi) is 10.7. The molecule has 4 fully saturated rings. The third kappa shape index (κ3) is 8.00. The molecule has 288 valence electrons. The lowest BCUT2D eigenvalue weighted by Crippen LogP contribution is -2.59. The zero-order valence-electron chi connectivity index (χ0n) is 29.6. The van der Waals surface area contributed by atoms with Crippen molar-refractivity contribution in [2.24, 2.45) is 5.92 Å². The van der Waals surface area contributed by atoms with E-state index in [4.69, 9.17) is 9.47 Å². The summed E-state index contributed by atoms with van der Waals surface area (Å²) in [7, 11) is -4.12. The van der Waals surface area contributed by atoms with Gasteiger partial charge in [0.2, 0.25) is 11.8 Å². The molecule has 4 heterocycles. The van der Waals surface area contributed by atoms with Crippen molar-refractivity contribution >= 4 is 40.1 Å². The van der Waals surface area contributed by atoms with Crippen molar-refractivity contribution in [2.75, 3.05) is 19.6 Å². The number of carbonyl (C=O) groups is 5. The standard InChI is InChI=1S/C36H47FN6O9S/c37-28-14-8-10-23-20-41(22-27(23)28)35(48)52-26-18-30-31(44)39-36(33(46)40-53(49,50)42-16-9-17-42)19-24(36)11-4-2-1-3-5-15-29(32(45)43(30)21-26)38-34(47)51-25-12-6-7-13-25/h4,8,10-11,14,24-26,29-30H,1-3,5-7,9,12-13,15-22H2,(H,38,47)(H,39,44)(H,40,46)/b11-4-/t24-,26-,29+,30+,36-/m1/s1. The van der Waals surface area contributed by atoms with Crippen molar-refractivity contribution in [3.05, 3.63) is 47.3 Å². The molecule has 0 aromatic heterocycles. The fourth-order valence-corrected chi connectivity index (χ4v) is 9.31. The van der Waals surface area contributed by atoms with Gasteiger partial charge in [0.15, 0.2) is 0 Å². The van der Waals surface area contributed by atoms with Gasteiger partial charge in [0.25, 0.3) is 5.91 Å². The molecule has 0 unspecified atom stereocenters. The van der Waals surface area contributed by atoms with Crippen LogP contribution < -0.4 is 15.4 Å². The van der Waals surface area contributed by atoms with E-state index in [1.54, 1.807) is 12.1 Å². The number of hydrogen-bond acceptors (Lipinski definition) is 9. The Morgan fingerprint density at radius 1 is 0.943 bits per heavy atom. The Bertz CT molecular complexity index is 1770. The molecular weight excluding hydrogens is 711 g/mol. The molecule has 53 heavy (non-hydrogen) atoms. The summed E-state index contributed by atoms with van der Waals surface area (Å²) in [6.07, 6.45) is 8.19.